The van der Waals surface area contributed by atoms with E-state index in [0.717, 1.165) is 6.03 Å². The van der Waals surface area contributed by atoms with Crippen molar-refractivity contribution in [3.8, 4) is 0 Å². The van der Waals surface area contributed by atoms with Gasteiger partial charge in [0.05, 0.1) is 8.81 Å². The van der Waals surface area contributed by atoms with Gasteiger partial charge in [0.1, 0.15) is 0 Å². The van der Waals surface area contributed by atoms with E-state index in [4.69, 9.17) is 0 Å². The SMILES string of the molecule is CCOPC=O. The normalized spacial score (nSPS) is 10.2. The zero-order valence-corrected chi connectivity index (χ0v) is 4.60. The maximum atomic E-state index is 9.45. The molecule has 0 aromatic carbocycles. The van der Waals surface area contributed by atoms with Gasteiger partial charge in [0.2, 0.25) is 0 Å². The lowest BCUT2D eigenvalue weighted by Gasteiger charge is -1.85. The van der Waals surface area contributed by atoms with Gasteiger partial charge in [0.15, 0.2) is 6.03 Å². The molecule has 0 saturated carbocycles. The van der Waals surface area contributed by atoms with Gasteiger partial charge in [-0.15, -0.1) is 0 Å². The Morgan fingerprint density at radius 1 is 2.00 bits per heavy atom. The summed E-state index contributed by atoms with van der Waals surface area (Å²) >= 11 is 0. The molecule has 0 saturated heterocycles. The second-order valence-electron chi connectivity index (χ2n) is 0.669. The minimum Gasteiger partial charge on any atom is -0.355 e. The summed E-state index contributed by atoms with van der Waals surface area (Å²) in [5.41, 5.74) is 0. The first kappa shape index (κ1) is 6.06. The van der Waals surface area contributed by atoms with Crippen molar-refractivity contribution in [2.24, 2.45) is 0 Å². The van der Waals surface area contributed by atoms with Crippen molar-refractivity contribution in [2.75, 3.05) is 6.61 Å². The van der Waals surface area contributed by atoms with Crippen LogP contribution in [0.3, 0.4) is 0 Å². The Morgan fingerprint density at radius 3 is 2.83 bits per heavy atom. The van der Waals surface area contributed by atoms with E-state index >= 15 is 0 Å². The molecule has 2 nitrogen and oxygen atoms in total. The van der Waals surface area contributed by atoms with Gasteiger partial charge >= 0.3 is 0 Å². The van der Waals surface area contributed by atoms with Crippen LogP contribution in [0, 0.1) is 0 Å². The van der Waals surface area contributed by atoms with E-state index < -0.39 is 0 Å². The molecule has 0 spiro atoms. The molecule has 0 fully saturated rings. The average Bonchev–Trinajstić information content (AvgIpc) is 1.61. The van der Waals surface area contributed by atoms with Crippen LogP contribution in [0.5, 0.6) is 0 Å². The Labute approximate surface area is 38.7 Å². The third-order valence-electron chi connectivity index (χ3n) is 0.276. The molecule has 0 aliphatic heterocycles. The largest absolute Gasteiger partial charge is 0.355 e. The van der Waals surface area contributed by atoms with Gasteiger partial charge in [-0.2, -0.15) is 0 Å². The molecule has 0 aliphatic carbocycles. The van der Waals surface area contributed by atoms with E-state index in [0.29, 0.717) is 6.61 Å². The van der Waals surface area contributed by atoms with Crippen molar-refractivity contribution in [2.45, 2.75) is 6.92 Å². The maximum Gasteiger partial charge on any atom is 0.166 e. The first-order valence-electron chi connectivity index (χ1n) is 1.72. The number of carbonyl (C=O) groups excluding carboxylic acids is 1. The molecule has 0 aromatic rings. The highest BCUT2D eigenvalue weighted by Gasteiger charge is 1.72. The highest BCUT2D eigenvalue weighted by molar-refractivity contribution is 7.50. The maximum absolute atomic E-state index is 9.45. The Morgan fingerprint density at radius 2 is 2.67 bits per heavy atom. The van der Waals surface area contributed by atoms with Crippen molar-refractivity contribution in [3.63, 3.8) is 0 Å². The number of hydrogen-bond donors (Lipinski definition) is 0. The summed E-state index contributed by atoms with van der Waals surface area (Å²) in [6.07, 6.45) is 0. The molecule has 0 bridgehead atoms. The Kier molecular flexibility index (Phi) is 5.11. The third kappa shape index (κ3) is 4.06. The molecule has 1 unspecified atom stereocenters. The topological polar surface area (TPSA) is 26.3 Å². The van der Waals surface area contributed by atoms with Gasteiger partial charge in [-0.25, -0.2) is 0 Å². The van der Waals surface area contributed by atoms with Crippen molar-refractivity contribution in [1.29, 1.82) is 0 Å². The fourth-order valence-electron chi connectivity index (χ4n) is 0.117. The number of hydrogen-bond acceptors (Lipinski definition) is 2. The molecular weight excluding hydrogens is 99.0 g/mol. The predicted octanol–water partition coefficient (Wildman–Crippen LogP) is 0.807. The summed E-state index contributed by atoms with van der Waals surface area (Å²) in [4.78, 5) is 9.45. The Hall–Kier alpha value is 0.0600. The van der Waals surface area contributed by atoms with Gasteiger partial charge in [0, 0.05) is 6.61 Å². The van der Waals surface area contributed by atoms with Crippen LogP contribution in [-0.4, -0.2) is 12.6 Å². The molecule has 0 amide bonds. The molecule has 0 radical (unpaired) electrons. The van der Waals surface area contributed by atoms with Crippen molar-refractivity contribution >= 4 is 14.8 Å². The lowest BCUT2D eigenvalue weighted by molar-refractivity contribution is 0.393. The van der Waals surface area contributed by atoms with Crippen LogP contribution in [0.25, 0.3) is 0 Å². The number of carbonyl (C=O) groups is 1. The highest BCUT2D eigenvalue weighted by atomic mass is 31.1. The third-order valence-corrected chi connectivity index (χ3v) is 0.827. The van der Waals surface area contributed by atoms with E-state index in [-0.39, 0.29) is 8.81 Å². The summed E-state index contributed by atoms with van der Waals surface area (Å²) < 4.78 is 4.64. The molecular formula is C3H7O2P. The van der Waals surface area contributed by atoms with E-state index in [9.17, 15) is 4.79 Å². The Bertz CT molecular complexity index is 37.8. The Balaban J connectivity index is 2.49. The van der Waals surface area contributed by atoms with E-state index in [1.807, 2.05) is 6.92 Å². The summed E-state index contributed by atoms with van der Waals surface area (Å²) in [6.45, 7) is 2.49. The van der Waals surface area contributed by atoms with E-state index in [1.54, 1.807) is 0 Å². The van der Waals surface area contributed by atoms with Gasteiger partial charge < -0.3 is 4.52 Å². The molecule has 0 rings (SSSR count). The molecule has 0 aromatic heterocycles. The summed E-state index contributed by atoms with van der Waals surface area (Å²) in [5, 5.41) is 0. The average molecular weight is 106 g/mol. The molecule has 3 heteroatoms. The predicted molar refractivity (Wildman–Crippen MR) is 26.7 cm³/mol. The van der Waals surface area contributed by atoms with E-state index in [1.165, 1.54) is 0 Å². The van der Waals surface area contributed by atoms with Crippen LogP contribution in [0.2, 0.25) is 0 Å². The first-order valence-corrected chi connectivity index (χ1v) is 2.71. The number of rotatable bonds is 3. The molecule has 0 aliphatic rings. The van der Waals surface area contributed by atoms with Crippen LogP contribution in [0.15, 0.2) is 0 Å². The zero-order chi connectivity index (χ0) is 4.83. The van der Waals surface area contributed by atoms with Crippen LogP contribution >= 0.6 is 8.81 Å². The van der Waals surface area contributed by atoms with Crippen LogP contribution in [-0.2, 0) is 9.32 Å². The zero-order valence-electron chi connectivity index (χ0n) is 3.60. The molecule has 1 atom stereocenters. The molecule has 36 valence electrons. The molecule has 6 heavy (non-hydrogen) atoms. The van der Waals surface area contributed by atoms with Crippen LogP contribution in [0.1, 0.15) is 6.92 Å². The van der Waals surface area contributed by atoms with Crippen LogP contribution < -0.4 is 0 Å². The van der Waals surface area contributed by atoms with E-state index in [2.05, 4.69) is 4.52 Å². The lowest BCUT2D eigenvalue weighted by atomic mass is 10.9. The van der Waals surface area contributed by atoms with Gasteiger partial charge in [-0.3, -0.25) is 4.79 Å². The van der Waals surface area contributed by atoms with Gasteiger partial charge in [-0.1, -0.05) is 0 Å². The smallest absolute Gasteiger partial charge is 0.166 e. The molecule has 0 N–H and O–H groups in total. The van der Waals surface area contributed by atoms with Crippen molar-refractivity contribution in [1.82, 2.24) is 0 Å². The molecule has 0 heterocycles. The monoisotopic (exact) mass is 106 g/mol. The quantitative estimate of drug-likeness (QED) is 0.302. The fourth-order valence-corrected chi connectivity index (χ4v) is 0.352. The minimum atomic E-state index is 0.0343. The van der Waals surface area contributed by atoms with Crippen molar-refractivity contribution in [3.05, 3.63) is 0 Å². The standard InChI is InChI=1S/C3H7O2P/c1-2-5-6-3-4/h3,6H,2H2,1H3. The second kappa shape index (κ2) is 5.06. The fraction of sp³-hybridized carbons (Fsp3) is 0.667. The summed E-state index contributed by atoms with van der Waals surface area (Å²) in [6, 6.07) is 0.767. The summed E-state index contributed by atoms with van der Waals surface area (Å²) in [5.74, 6) is 0. The highest BCUT2D eigenvalue weighted by Crippen LogP contribution is 2.02. The lowest BCUT2D eigenvalue weighted by Crippen LogP contribution is -1.71. The first-order chi connectivity index (χ1) is 2.91. The van der Waals surface area contributed by atoms with Gasteiger partial charge in [-0.05, 0) is 6.92 Å². The van der Waals surface area contributed by atoms with Crippen LogP contribution in [0.4, 0.5) is 0 Å². The second-order valence-corrected chi connectivity index (χ2v) is 1.43. The van der Waals surface area contributed by atoms with Gasteiger partial charge in [0.25, 0.3) is 0 Å². The summed E-state index contributed by atoms with van der Waals surface area (Å²) in [7, 11) is 0.0343. The van der Waals surface area contributed by atoms with Crippen molar-refractivity contribution < 1.29 is 9.32 Å². The minimum absolute atomic E-state index is 0.0343.